The Kier molecular flexibility index (Phi) is 5.40. The molecule has 3 aromatic rings. The minimum atomic E-state index is -4.41. The van der Waals surface area contributed by atoms with Gasteiger partial charge in [-0.2, -0.15) is 23.5 Å². The van der Waals surface area contributed by atoms with Gasteiger partial charge in [-0.05, 0) is 74.4 Å². The number of aryl methyl sites for hydroxylation is 1. The van der Waals surface area contributed by atoms with E-state index in [0.29, 0.717) is 46.9 Å². The number of nitrogens with zero attached hydrogens (tertiary/aromatic N) is 3. The van der Waals surface area contributed by atoms with Gasteiger partial charge >= 0.3 is 6.18 Å². The Bertz CT molecular complexity index is 1330. The van der Waals surface area contributed by atoms with Crippen LogP contribution in [0.1, 0.15) is 49.3 Å². The Labute approximate surface area is 194 Å². The van der Waals surface area contributed by atoms with Crippen LogP contribution >= 0.6 is 0 Å². The Balaban J connectivity index is 1.54. The number of aromatic amines is 1. The number of benzene rings is 1. The van der Waals surface area contributed by atoms with Gasteiger partial charge in [0.1, 0.15) is 10.9 Å². The first-order valence-electron chi connectivity index (χ1n) is 11.4. The molecule has 2 aromatic heterocycles. The fourth-order valence-electron chi connectivity index (χ4n) is 5.19. The second-order valence-electron chi connectivity index (χ2n) is 9.22. The summed E-state index contributed by atoms with van der Waals surface area (Å²) in [6, 6.07) is 8.58. The third-order valence-electron chi connectivity index (χ3n) is 7.00. The zero-order chi connectivity index (χ0) is 24.1. The number of hydrogen-bond acceptors (Lipinski definition) is 5. The van der Waals surface area contributed by atoms with Crippen LogP contribution in [-0.2, 0) is 5.54 Å². The van der Waals surface area contributed by atoms with E-state index in [-0.39, 0.29) is 30.0 Å². The molecule has 2 atom stereocenters. The number of fused-ring (bicyclic) bond motifs is 1. The van der Waals surface area contributed by atoms with Crippen molar-refractivity contribution in [1.82, 2.24) is 20.1 Å². The Hall–Kier alpha value is -3.32. The first kappa shape index (κ1) is 22.5. The Morgan fingerprint density at radius 2 is 2.15 bits per heavy atom. The van der Waals surface area contributed by atoms with Gasteiger partial charge in [-0.25, -0.2) is 0 Å². The standard InChI is InChI=1S/C24H25F3N6O/c1-14-13-16(5-6-17(14)23(24(25,26)27)9-2-11-30-23)31-21-20-19(8-12-29-22(20)34)33(32-21)18(7-10-28)15-3-4-15/h5-6,8,12-13,15,18,30H,2-4,7,9,11H2,1H3,(H,29,34)(H,31,32)/t18-,23+/m0/s1. The predicted octanol–water partition coefficient (Wildman–Crippen LogP) is 4.78. The molecular formula is C24H25F3N6O. The Morgan fingerprint density at radius 3 is 2.76 bits per heavy atom. The number of nitrogens with one attached hydrogen (secondary N) is 3. The fraction of sp³-hybridized carbons (Fsp3) is 0.458. The first-order chi connectivity index (χ1) is 16.2. The lowest BCUT2D eigenvalue weighted by Gasteiger charge is -2.34. The molecule has 0 spiro atoms. The molecule has 0 bridgehead atoms. The van der Waals surface area contributed by atoms with Gasteiger partial charge in [0.2, 0.25) is 0 Å². The van der Waals surface area contributed by atoms with Crippen LogP contribution in [0.5, 0.6) is 0 Å². The summed E-state index contributed by atoms with van der Waals surface area (Å²) in [4.78, 5) is 15.3. The molecule has 2 fully saturated rings. The van der Waals surface area contributed by atoms with Crippen LogP contribution in [0.4, 0.5) is 24.7 Å². The average molecular weight is 470 g/mol. The van der Waals surface area contributed by atoms with Gasteiger partial charge in [0.15, 0.2) is 5.82 Å². The summed E-state index contributed by atoms with van der Waals surface area (Å²) in [5.74, 6) is 0.658. The molecular weight excluding hydrogens is 445 g/mol. The highest BCUT2D eigenvalue weighted by atomic mass is 19.4. The van der Waals surface area contributed by atoms with Crippen molar-refractivity contribution in [3.8, 4) is 6.07 Å². The van der Waals surface area contributed by atoms with E-state index >= 15 is 0 Å². The van der Waals surface area contributed by atoms with Crippen molar-refractivity contribution in [2.45, 2.75) is 56.8 Å². The molecule has 1 saturated carbocycles. The van der Waals surface area contributed by atoms with Gasteiger partial charge in [-0.3, -0.25) is 14.8 Å². The molecule has 2 aliphatic rings. The van der Waals surface area contributed by atoms with E-state index < -0.39 is 11.7 Å². The third-order valence-corrected chi connectivity index (χ3v) is 7.00. The van der Waals surface area contributed by atoms with Gasteiger partial charge in [0.05, 0.1) is 24.0 Å². The number of alkyl halides is 3. The molecule has 1 saturated heterocycles. The lowest BCUT2D eigenvalue weighted by atomic mass is 9.84. The van der Waals surface area contributed by atoms with Gasteiger partial charge in [-0.1, -0.05) is 6.07 Å². The maximum absolute atomic E-state index is 14.0. The van der Waals surface area contributed by atoms with Crippen molar-refractivity contribution in [1.29, 1.82) is 5.26 Å². The number of anilines is 2. The molecule has 0 amide bonds. The monoisotopic (exact) mass is 470 g/mol. The van der Waals surface area contributed by atoms with Crippen molar-refractivity contribution in [2.24, 2.45) is 5.92 Å². The lowest BCUT2D eigenvalue weighted by molar-refractivity contribution is -0.196. The van der Waals surface area contributed by atoms with E-state index in [1.54, 1.807) is 36.0 Å². The van der Waals surface area contributed by atoms with Gasteiger partial charge < -0.3 is 10.3 Å². The zero-order valence-corrected chi connectivity index (χ0v) is 18.7. The molecule has 3 heterocycles. The minimum Gasteiger partial charge on any atom is -0.338 e. The number of nitriles is 1. The number of aromatic nitrogens is 3. The Morgan fingerprint density at radius 1 is 1.35 bits per heavy atom. The van der Waals surface area contributed by atoms with Crippen LogP contribution < -0.4 is 16.2 Å². The van der Waals surface area contributed by atoms with E-state index in [1.165, 1.54) is 6.07 Å². The van der Waals surface area contributed by atoms with E-state index in [0.717, 1.165) is 12.8 Å². The summed E-state index contributed by atoms with van der Waals surface area (Å²) in [5, 5.41) is 20.1. The van der Waals surface area contributed by atoms with Crippen LogP contribution in [0.25, 0.3) is 10.9 Å². The molecule has 1 aromatic carbocycles. The molecule has 3 N–H and O–H groups in total. The number of H-pyrrole nitrogens is 1. The summed E-state index contributed by atoms with van der Waals surface area (Å²) < 4.78 is 43.8. The molecule has 178 valence electrons. The van der Waals surface area contributed by atoms with Crippen molar-refractivity contribution >= 4 is 22.4 Å². The second kappa shape index (κ2) is 8.17. The molecule has 1 aliphatic heterocycles. The summed E-state index contributed by atoms with van der Waals surface area (Å²) in [6.45, 7) is 1.98. The number of rotatable bonds is 6. The smallest absolute Gasteiger partial charge is 0.338 e. The number of halogens is 3. The van der Waals surface area contributed by atoms with E-state index in [1.807, 2.05) is 0 Å². The molecule has 1 aliphatic carbocycles. The molecule has 7 nitrogen and oxygen atoms in total. The highest BCUT2D eigenvalue weighted by molar-refractivity contribution is 5.91. The summed E-state index contributed by atoms with van der Waals surface area (Å²) in [7, 11) is 0. The van der Waals surface area contributed by atoms with Crippen LogP contribution in [0.3, 0.4) is 0 Å². The van der Waals surface area contributed by atoms with E-state index in [2.05, 4.69) is 26.8 Å². The van der Waals surface area contributed by atoms with E-state index in [9.17, 15) is 23.2 Å². The summed E-state index contributed by atoms with van der Waals surface area (Å²) in [5.41, 5.74) is -0.505. The van der Waals surface area contributed by atoms with Crippen LogP contribution in [-0.4, -0.2) is 27.5 Å². The van der Waals surface area contributed by atoms with Gasteiger partial charge in [-0.15, -0.1) is 0 Å². The van der Waals surface area contributed by atoms with Crippen molar-refractivity contribution < 1.29 is 13.2 Å². The lowest BCUT2D eigenvalue weighted by Crippen LogP contribution is -2.50. The predicted molar refractivity (Wildman–Crippen MR) is 122 cm³/mol. The highest BCUT2D eigenvalue weighted by Crippen LogP contribution is 2.47. The topological polar surface area (TPSA) is 98.5 Å². The minimum absolute atomic E-state index is 0.00398. The molecule has 5 rings (SSSR count). The van der Waals surface area contributed by atoms with Crippen molar-refractivity contribution in [3.05, 3.63) is 51.9 Å². The van der Waals surface area contributed by atoms with Crippen LogP contribution in [0.15, 0.2) is 35.3 Å². The average Bonchev–Trinajstić information content (AvgIpc) is 3.37. The SMILES string of the molecule is Cc1cc(Nc2nn([C@@H](CC#N)C3CC3)c3cc[nH]c(=O)c23)ccc1[C@@]1(C(F)(F)F)CCCN1. The molecule has 0 radical (unpaired) electrons. The zero-order valence-electron chi connectivity index (χ0n) is 18.7. The summed E-state index contributed by atoms with van der Waals surface area (Å²) >= 11 is 0. The molecule has 10 heteroatoms. The van der Waals surface area contributed by atoms with Crippen LogP contribution in [0.2, 0.25) is 0 Å². The second-order valence-corrected chi connectivity index (χ2v) is 9.22. The highest BCUT2D eigenvalue weighted by Gasteiger charge is 2.57. The van der Waals surface area contributed by atoms with Crippen LogP contribution in [0, 0.1) is 24.2 Å². The maximum Gasteiger partial charge on any atom is 0.410 e. The van der Waals surface area contributed by atoms with Crippen molar-refractivity contribution in [2.75, 3.05) is 11.9 Å². The summed E-state index contributed by atoms with van der Waals surface area (Å²) in [6.07, 6.45) is -0.109. The maximum atomic E-state index is 14.0. The first-order valence-corrected chi connectivity index (χ1v) is 11.4. The third kappa shape index (κ3) is 3.64. The van der Waals surface area contributed by atoms with Gasteiger partial charge in [0, 0.05) is 11.9 Å². The molecule has 0 unspecified atom stereocenters. The largest absolute Gasteiger partial charge is 0.410 e. The van der Waals surface area contributed by atoms with E-state index in [4.69, 9.17) is 0 Å². The molecule has 34 heavy (non-hydrogen) atoms. The van der Waals surface area contributed by atoms with Gasteiger partial charge in [0.25, 0.3) is 5.56 Å². The fourth-order valence-corrected chi connectivity index (χ4v) is 5.19. The number of pyridine rings is 1. The number of hydrogen-bond donors (Lipinski definition) is 3. The quantitative estimate of drug-likeness (QED) is 0.482. The van der Waals surface area contributed by atoms with Crippen molar-refractivity contribution in [3.63, 3.8) is 0 Å². The normalized spacial score (nSPS) is 21.5.